The third-order valence-electron chi connectivity index (χ3n) is 2.90. The molecule has 0 aliphatic rings. The van der Waals surface area contributed by atoms with Crippen molar-refractivity contribution in [3.05, 3.63) is 41.9 Å². The van der Waals surface area contributed by atoms with Gasteiger partial charge in [0.25, 0.3) is 0 Å². The zero-order valence-corrected chi connectivity index (χ0v) is 10.3. The smallest absolute Gasteiger partial charge is 0.101 e. The number of aromatic nitrogens is 2. The molecular weight excluding hydrogens is 210 g/mol. The van der Waals surface area contributed by atoms with Crippen molar-refractivity contribution in [1.82, 2.24) is 9.55 Å². The summed E-state index contributed by atoms with van der Waals surface area (Å²) in [5.74, 6) is 0. The quantitative estimate of drug-likeness (QED) is 0.786. The van der Waals surface area contributed by atoms with Gasteiger partial charge >= 0.3 is 0 Å². The topological polar surface area (TPSA) is 41.6 Å². The van der Waals surface area contributed by atoms with Gasteiger partial charge in [0.15, 0.2) is 0 Å². The molecule has 0 aliphatic heterocycles. The van der Waals surface area contributed by atoms with E-state index in [2.05, 4.69) is 29.5 Å². The van der Waals surface area contributed by atoms with Gasteiger partial charge in [0.2, 0.25) is 0 Å². The summed E-state index contributed by atoms with van der Waals surface area (Å²) in [6.07, 6.45) is 3.54. The zero-order chi connectivity index (χ0) is 12.4. The van der Waals surface area contributed by atoms with Gasteiger partial charge in [-0.15, -0.1) is 0 Å². The van der Waals surface area contributed by atoms with Gasteiger partial charge in [-0.2, -0.15) is 5.26 Å². The van der Waals surface area contributed by atoms with E-state index in [4.69, 9.17) is 5.26 Å². The summed E-state index contributed by atoms with van der Waals surface area (Å²) in [6.45, 7) is 6.24. The zero-order valence-electron chi connectivity index (χ0n) is 10.3. The Kier molecular flexibility index (Phi) is 2.97. The van der Waals surface area contributed by atoms with Crippen molar-refractivity contribution in [3.63, 3.8) is 0 Å². The van der Waals surface area contributed by atoms with Crippen LogP contribution in [0.15, 0.2) is 30.6 Å². The molecule has 0 aliphatic carbocycles. The predicted octanol–water partition coefficient (Wildman–Crippen LogP) is 3.31. The molecule has 0 amide bonds. The monoisotopic (exact) mass is 225 g/mol. The van der Waals surface area contributed by atoms with Crippen LogP contribution >= 0.6 is 0 Å². The second-order valence-electron chi connectivity index (χ2n) is 4.34. The molecule has 0 aromatic carbocycles. The minimum Gasteiger partial charge on any atom is -0.341 e. The lowest BCUT2D eigenvalue weighted by molar-refractivity contribution is 0.594. The van der Waals surface area contributed by atoms with E-state index in [1.807, 2.05) is 25.1 Å². The highest BCUT2D eigenvalue weighted by Gasteiger charge is 2.14. The van der Waals surface area contributed by atoms with Gasteiger partial charge in [0.1, 0.15) is 6.07 Å². The van der Waals surface area contributed by atoms with Crippen molar-refractivity contribution in [1.29, 1.82) is 5.26 Å². The van der Waals surface area contributed by atoms with Gasteiger partial charge < -0.3 is 4.57 Å². The Morgan fingerprint density at radius 3 is 2.47 bits per heavy atom. The van der Waals surface area contributed by atoms with Crippen LogP contribution in [0.2, 0.25) is 0 Å². The van der Waals surface area contributed by atoms with Crippen molar-refractivity contribution in [2.75, 3.05) is 0 Å². The van der Waals surface area contributed by atoms with E-state index < -0.39 is 0 Å². The van der Waals surface area contributed by atoms with E-state index >= 15 is 0 Å². The molecule has 0 saturated carbocycles. The molecule has 2 heterocycles. The molecule has 3 nitrogen and oxygen atoms in total. The fraction of sp³-hybridized carbons (Fsp3) is 0.286. The van der Waals surface area contributed by atoms with Crippen molar-refractivity contribution in [3.8, 4) is 17.3 Å². The van der Waals surface area contributed by atoms with Crippen molar-refractivity contribution in [2.45, 2.75) is 26.8 Å². The van der Waals surface area contributed by atoms with Gasteiger partial charge in [0.05, 0.1) is 5.56 Å². The Bertz CT molecular complexity index is 559. The molecule has 0 bridgehead atoms. The Morgan fingerprint density at radius 2 is 1.94 bits per heavy atom. The third kappa shape index (κ3) is 1.94. The molecule has 0 fully saturated rings. The highest BCUT2D eigenvalue weighted by molar-refractivity contribution is 5.63. The van der Waals surface area contributed by atoms with Crippen molar-refractivity contribution in [2.24, 2.45) is 0 Å². The van der Waals surface area contributed by atoms with Crippen LogP contribution in [0, 0.1) is 18.3 Å². The first kappa shape index (κ1) is 11.4. The maximum absolute atomic E-state index is 9.11. The largest absolute Gasteiger partial charge is 0.341 e. The number of nitrogens with zero attached hydrogens (tertiary/aromatic N) is 3. The standard InChI is InChI=1S/C14H15N3/c1-10(2)17-11(3)13(9-15)8-14(17)12-4-6-16-7-5-12/h4-8,10H,1-3H3. The van der Waals surface area contributed by atoms with Crippen LogP contribution in [0.1, 0.15) is 31.1 Å². The average Bonchev–Trinajstić information content (AvgIpc) is 2.67. The molecule has 2 aromatic heterocycles. The minimum absolute atomic E-state index is 0.334. The van der Waals surface area contributed by atoms with Crippen LogP contribution in [-0.4, -0.2) is 9.55 Å². The van der Waals surface area contributed by atoms with E-state index in [1.54, 1.807) is 12.4 Å². The molecule has 0 spiro atoms. The first-order valence-electron chi connectivity index (χ1n) is 5.67. The fourth-order valence-electron chi connectivity index (χ4n) is 2.14. The number of nitriles is 1. The molecule has 0 N–H and O–H groups in total. The Balaban J connectivity index is 2.66. The maximum Gasteiger partial charge on any atom is 0.101 e. The molecule has 0 saturated heterocycles. The first-order valence-corrected chi connectivity index (χ1v) is 5.67. The van der Waals surface area contributed by atoms with Crippen LogP contribution in [0.3, 0.4) is 0 Å². The Morgan fingerprint density at radius 1 is 1.29 bits per heavy atom. The summed E-state index contributed by atoms with van der Waals surface area (Å²) in [5.41, 5.74) is 3.94. The molecule has 0 atom stereocenters. The highest BCUT2D eigenvalue weighted by atomic mass is 15.0. The van der Waals surface area contributed by atoms with Crippen LogP contribution in [-0.2, 0) is 0 Å². The molecule has 0 radical (unpaired) electrons. The van der Waals surface area contributed by atoms with E-state index in [0.717, 1.165) is 22.5 Å². The highest BCUT2D eigenvalue weighted by Crippen LogP contribution is 2.28. The summed E-state index contributed by atoms with van der Waals surface area (Å²) < 4.78 is 2.19. The summed E-state index contributed by atoms with van der Waals surface area (Å²) >= 11 is 0. The van der Waals surface area contributed by atoms with E-state index in [9.17, 15) is 0 Å². The van der Waals surface area contributed by atoms with Crippen molar-refractivity contribution < 1.29 is 0 Å². The number of rotatable bonds is 2. The number of hydrogen-bond donors (Lipinski definition) is 0. The normalized spacial score (nSPS) is 10.5. The molecule has 0 unspecified atom stereocenters. The summed E-state index contributed by atoms with van der Waals surface area (Å²) in [4.78, 5) is 4.02. The molecule has 17 heavy (non-hydrogen) atoms. The molecule has 3 heteroatoms. The van der Waals surface area contributed by atoms with Gasteiger partial charge in [-0.3, -0.25) is 4.98 Å². The molecule has 2 rings (SSSR count). The maximum atomic E-state index is 9.11. The summed E-state index contributed by atoms with van der Waals surface area (Å²) in [6, 6.07) is 8.46. The Hall–Kier alpha value is -2.08. The van der Waals surface area contributed by atoms with E-state index in [-0.39, 0.29) is 0 Å². The van der Waals surface area contributed by atoms with Crippen LogP contribution < -0.4 is 0 Å². The lowest BCUT2D eigenvalue weighted by atomic mass is 10.2. The van der Waals surface area contributed by atoms with E-state index in [1.165, 1.54) is 0 Å². The van der Waals surface area contributed by atoms with Gasteiger partial charge in [-0.05, 0) is 39.0 Å². The number of pyridine rings is 1. The molecule has 2 aromatic rings. The lowest BCUT2D eigenvalue weighted by Gasteiger charge is -2.15. The van der Waals surface area contributed by atoms with E-state index in [0.29, 0.717) is 6.04 Å². The van der Waals surface area contributed by atoms with Crippen molar-refractivity contribution >= 4 is 0 Å². The van der Waals surface area contributed by atoms with Gasteiger partial charge in [0, 0.05) is 35.4 Å². The van der Waals surface area contributed by atoms with Gasteiger partial charge in [-0.25, -0.2) is 0 Å². The van der Waals surface area contributed by atoms with Crippen LogP contribution in [0.5, 0.6) is 0 Å². The first-order chi connectivity index (χ1) is 8.15. The molecule has 86 valence electrons. The second-order valence-corrected chi connectivity index (χ2v) is 4.34. The molecular formula is C14H15N3. The second kappa shape index (κ2) is 4.42. The van der Waals surface area contributed by atoms with Gasteiger partial charge in [-0.1, -0.05) is 0 Å². The van der Waals surface area contributed by atoms with Crippen LogP contribution in [0.4, 0.5) is 0 Å². The fourth-order valence-corrected chi connectivity index (χ4v) is 2.14. The third-order valence-corrected chi connectivity index (χ3v) is 2.90. The summed E-state index contributed by atoms with van der Waals surface area (Å²) in [7, 11) is 0. The summed E-state index contributed by atoms with van der Waals surface area (Å²) in [5, 5.41) is 9.11. The minimum atomic E-state index is 0.334. The predicted molar refractivity (Wildman–Crippen MR) is 67.5 cm³/mol. The van der Waals surface area contributed by atoms with Crippen LogP contribution in [0.25, 0.3) is 11.3 Å². The SMILES string of the molecule is Cc1c(C#N)cc(-c2ccncc2)n1C(C)C. The average molecular weight is 225 g/mol. The lowest BCUT2D eigenvalue weighted by Crippen LogP contribution is -2.05. The number of hydrogen-bond acceptors (Lipinski definition) is 2. The Labute approximate surface area is 101 Å².